The molecule has 30 heavy (non-hydrogen) atoms. The monoisotopic (exact) mass is 533 g/mol. The third-order valence-corrected chi connectivity index (χ3v) is 6.42. The number of amides is 3. The Morgan fingerprint density at radius 3 is 2.27 bits per heavy atom. The zero-order valence-electron chi connectivity index (χ0n) is 16.6. The highest BCUT2D eigenvalue weighted by Crippen LogP contribution is 2.37. The summed E-state index contributed by atoms with van der Waals surface area (Å²) in [5, 5.41) is 2.94. The van der Waals surface area contributed by atoms with Crippen LogP contribution in [0.2, 0.25) is 0 Å². The number of nitrogens with zero attached hydrogens (tertiary/aromatic N) is 2. The predicted molar refractivity (Wildman–Crippen MR) is 123 cm³/mol. The third kappa shape index (κ3) is 3.74. The van der Waals surface area contributed by atoms with Gasteiger partial charge in [0.2, 0.25) is 5.88 Å². The zero-order valence-corrected chi connectivity index (χ0v) is 19.7. The molecule has 0 spiro atoms. The molecule has 1 fully saturated rings. The first-order valence-electron chi connectivity index (χ1n) is 9.72. The molecule has 4 rings (SSSR count). The highest BCUT2D eigenvalue weighted by Gasteiger charge is 2.47. The molecule has 3 amide bonds. The lowest BCUT2D eigenvalue weighted by Crippen LogP contribution is -2.55. The Hall–Kier alpha value is -2.32. The van der Waals surface area contributed by atoms with E-state index in [2.05, 4.69) is 37.2 Å². The van der Waals surface area contributed by atoms with Gasteiger partial charge >= 0.3 is 6.03 Å². The molecule has 0 unspecified atom stereocenters. The average Bonchev–Trinajstić information content (AvgIpc) is 3.15. The molecule has 8 heteroatoms. The minimum atomic E-state index is -0.490. The standard InChI is InChI=1S/C22H21Br2N3O3/c1-3-17-12-30-21-19(20(28)25-16-8-4-14(23)5-9-16)13(2)26(22(29)27(17)21)18-10-6-15(24)7-11-18/h4-11,13,17H,3,12H2,1-2H3,(H,25,28)/t13-,17+/m0/s1. The summed E-state index contributed by atoms with van der Waals surface area (Å²) in [5.41, 5.74) is 1.84. The number of carbonyl (C=O) groups excluding carboxylic acids is 2. The summed E-state index contributed by atoms with van der Waals surface area (Å²) in [7, 11) is 0. The van der Waals surface area contributed by atoms with Gasteiger partial charge in [-0.2, -0.15) is 0 Å². The first kappa shape index (κ1) is 20.9. The first-order chi connectivity index (χ1) is 14.4. The van der Waals surface area contributed by atoms with E-state index in [-0.39, 0.29) is 18.0 Å². The van der Waals surface area contributed by atoms with Gasteiger partial charge in [0.25, 0.3) is 5.91 Å². The number of anilines is 2. The van der Waals surface area contributed by atoms with Gasteiger partial charge < -0.3 is 10.1 Å². The zero-order chi connectivity index (χ0) is 21.4. The highest BCUT2D eigenvalue weighted by molar-refractivity contribution is 9.10. The molecule has 0 aliphatic carbocycles. The maximum Gasteiger partial charge on any atom is 0.332 e. The second kappa shape index (κ2) is 8.43. The molecule has 2 aliphatic heterocycles. The minimum absolute atomic E-state index is 0.103. The number of benzene rings is 2. The van der Waals surface area contributed by atoms with E-state index in [1.807, 2.05) is 62.4 Å². The topological polar surface area (TPSA) is 61.9 Å². The van der Waals surface area contributed by atoms with Gasteiger partial charge in [-0.25, -0.2) is 4.79 Å². The van der Waals surface area contributed by atoms with Crippen molar-refractivity contribution in [2.24, 2.45) is 0 Å². The van der Waals surface area contributed by atoms with E-state index in [0.717, 1.165) is 21.1 Å². The number of carbonyl (C=O) groups is 2. The van der Waals surface area contributed by atoms with Crippen molar-refractivity contribution in [1.82, 2.24) is 4.90 Å². The summed E-state index contributed by atoms with van der Waals surface area (Å²) in [6.45, 7) is 4.24. The molecule has 0 aromatic heterocycles. The van der Waals surface area contributed by atoms with Gasteiger partial charge in [0.05, 0.1) is 12.1 Å². The van der Waals surface area contributed by atoms with E-state index in [1.165, 1.54) is 0 Å². The second-order valence-corrected chi connectivity index (χ2v) is 9.06. The van der Waals surface area contributed by atoms with Crippen LogP contribution in [0, 0.1) is 0 Å². The van der Waals surface area contributed by atoms with E-state index in [9.17, 15) is 9.59 Å². The fraction of sp³-hybridized carbons (Fsp3) is 0.273. The van der Waals surface area contributed by atoms with Gasteiger partial charge in [-0.3, -0.25) is 14.6 Å². The Balaban J connectivity index is 1.75. The van der Waals surface area contributed by atoms with E-state index >= 15 is 0 Å². The molecule has 2 aliphatic rings. The fourth-order valence-electron chi connectivity index (χ4n) is 3.78. The lowest BCUT2D eigenvalue weighted by Gasteiger charge is -2.40. The lowest BCUT2D eigenvalue weighted by atomic mass is 10.0. The quantitative estimate of drug-likeness (QED) is 0.563. The summed E-state index contributed by atoms with van der Waals surface area (Å²) in [6.07, 6.45) is 0.736. The maximum atomic E-state index is 13.4. The predicted octanol–water partition coefficient (Wildman–Crippen LogP) is 5.50. The average molecular weight is 535 g/mol. The van der Waals surface area contributed by atoms with Crippen molar-refractivity contribution in [3.05, 3.63) is 68.9 Å². The van der Waals surface area contributed by atoms with Crippen LogP contribution >= 0.6 is 31.9 Å². The minimum Gasteiger partial charge on any atom is -0.476 e. The molecule has 2 aromatic rings. The number of urea groups is 1. The normalized spacial score (nSPS) is 20.9. The van der Waals surface area contributed by atoms with Crippen LogP contribution in [-0.2, 0) is 9.53 Å². The number of rotatable bonds is 4. The molecular weight excluding hydrogens is 514 g/mol. The fourth-order valence-corrected chi connectivity index (χ4v) is 4.31. The molecule has 6 nitrogen and oxygen atoms in total. The van der Waals surface area contributed by atoms with Crippen molar-refractivity contribution in [3.8, 4) is 0 Å². The third-order valence-electron chi connectivity index (χ3n) is 5.37. The molecule has 156 valence electrons. The van der Waals surface area contributed by atoms with Crippen LogP contribution in [0.25, 0.3) is 0 Å². The lowest BCUT2D eigenvalue weighted by molar-refractivity contribution is -0.113. The van der Waals surface area contributed by atoms with Crippen molar-refractivity contribution in [2.75, 3.05) is 16.8 Å². The van der Waals surface area contributed by atoms with E-state index in [0.29, 0.717) is 23.8 Å². The SMILES string of the molecule is CC[C@@H]1COC2=C(C(=O)Nc3ccc(Br)cc3)[C@H](C)N(c3ccc(Br)cc3)C(=O)N21. The number of hydrogen-bond donors (Lipinski definition) is 1. The second-order valence-electron chi connectivity index (χ2n) is 7.23. The van der Waals surface area contributed by atoms with Crippen molar-refractivity contribution < 1.29 is 14.3 Å². The molecule has 0 saturated carbocycles. The molecular formula is C22H21Br2N3O3. The van der Waals surface area contributed by atoms with Gasteiger partial charge in [-0.15, -0.1) is 0 Å². The summed E-state index contributed by atoms with van der Waals surface area (Å²) in [4.78, 5) is 30.0. The van der Waals surface area contributed by atoms with Crippen LogP contribution in [0.15, 0.2) is 68.9 Å². The van der Waals surface area contributed by atoms with Crippen molar-refractivity contribution in [1.29, 1.82) is 0 Å². The van der Waals surface area contributed by atoms with E-state index < -0.39 is 6.04 Å². The van der Waals surface area contributed by atoms with E-state index in [4.69, 9.17) is 4.74 Å². The maximum absolute atomic E-state index is 13.4. The van der Waals surface area contributed by atoms with Gasteiger partial charge in [0, 0.05) is 20.3 Å². The Bertz CT molecular complexity index is 1010. The number of nitrogens with one attached hydrogen (secondary N) is 1. The summed E-state index contributed by atoms with van der Waals surface area (Å²) in [6, 6.07) is 14.1. The summed E-state index contributed by atoms with van der Waals surface area (Å²) < 4.78 is 7.72. The van der Waals surface area contributed by atoms with Crippen LogP contribution in [0.5, 0.6) is 0 Å². The van der Waals surface area contributed by atoms with E-state index in [1.54, 1.807) is 9.80 Å². The van der Waals surface area contributed by atoms with Crippen molar-refractivity contribution in [2.45, 2.75) is 32.4 Å². The number of halogens is 2. The summed E-state index contributed by atoms with van der Waals surface area (Å²) >= 11 is 6.83. The number of ether oxygens (including phenoxy) is 1. The molecule has 2 heterocycles. The van der Waals surface area contributed by atoms with Gasteiger partial charge in [0.1, 0.15) is 12.2 Å². The first-order valence-corrected chi connectivity index (χ1v) is 11.3. The van der Waals surface area contributed by atoms with Crippen molar-refractivity contribution in [3.63, 3.8) is 0 Å². The van der Waals surface area contributed by atoms with Crippen LogP contribution in [-0.4, -0.2) is 35.5 Å². The molecule has 0 bridgehead atoms. The van der Waals surface area contributed by atoms with Gasteiger partial charge in [-0.05, 0) is 61.9 Å². The number of fused-ring (bicyclic) bond motifs is 1. The molecule has 1 N–H and O–H groups in total. The molecule has 2 aromatic carbocycles. The Kier molecular flexibility index (Phi) is 5.88. The Labute approximate surface area is 192 Å². The molecule has 0 radical (unpaired) electrons. The molecule has 1 saturated heterocycles. The van der Waals surface area contributed by atoms with Crippen molar-refractivity contribution >= 4 is 55.2 Å². The van der Waals surface area contributed by atoms with Crippen LogP contribution in [0.4, 0.5) is 16.2 Å². The smallest absolute Gasteiger partial charge is 0.332 e. The number of hydrogen-bond acceptors (Lipinski definition) is 3. The Morgan fingerprint density at radius 2 is 1.67 bits per heavy atom. The molecule has 2 atom stereocenters. The van der Waals surface area contributed by atoms with Crippen LogP contribution < -0.4 is 10.2 Å². The van der Waals surface area contributed by atoms with Crippen LogP contribution in [0.1, 0.15) is 20.3 Å². The van der Waals surface area contributed by atoms with Crippen LogP contribution in [0.3, 0.4) is 0 Å². The Morgan fingerprint density at radius 1 is 1.07 bits per heavy atom. The van der Waals surface area contributed by atoms with Gasteiger partial charge in [-0.1, -0.05) is 38.8 Å². The van der Waals surface area contributed by atoms with Gasteiger partial charge in [0.15, 0.2) is 0 Å². The summed E-state index contributed by atoms with van der Waals surface area (Å²) in [5.74, 6) is 0.0820. The largest absolute Gasteiger partial charge is 0.476 e. The highest BCUT2D eigenvalue weighted by atomic mass is 79.9.